The van der Waals surface area contributed by atoms with E-state index in [0.717, 1.165) is 31.7 Å². The molecule has 2 aromatic carbocycles. The van der Waals surface area contributed by atoms with Crippen LogP contribution in [0.2, 0.25) is 5.02 Å². The number of carbonyl (C=O) groups is 1. The molecule has 3 saturated heterocycles. The maximum absolute atomic E-state index is 13.6. The van der Waals surface area contributed by atoms with Gasteiger partial charge in [0.15, 0.2) is 0 Å². The number of hydrogen-bond donors (Lipinski definition) is 0. The Bertz CT molecular complexity index is 969. The zero-order valence-electron chi connectivity index (χ0n) is 18.8. The number of likely N-dealkylation sites (tertiary alicyclic amines) is 1. The lowest BCUT2D eigenvalue weighted by Crippen LogP contribution is -2.71. The van der Waals surface area contributed by atoms with E-state index in [-0.39, 0.29) is 35.5 Å². The summed E-state index contributed by atoms with van der Waals surface area (Å²) in [5.41, 5.74) is 2.03. The van der Waals surface area contributed by atoms with Crippen molar-refractivity contribution < 1.29 is 13.9 Å². The fourth-order valence-electron chi connectivity index (χ4n) is 5.68. The maximum atomic E-state index is 13.6. The lowest BCUT2D eigenvalue weighted by molar-refractivity contribution is -0.153. The van der Waals surface area contributed by atoms with Crippen LogP contribution in [0.3, 0.4) is 0 Å². The fraction of sp³-hybridized carbons (Fsp3) is 0.500. The minimum absolute atomic E-state index is 0.0619. The first kappa shape index (κ1) is 22.8. The van der Waals surface area contributed by atoms with Crippen molar-refractivity contribution in [2.45, 2.75) is 43.9 Å². The van der Waals surface area contributed by atoms with Crippen molar-refractivity contribution in [3.63, 3.8) is 0 Å². The molecule has 3 aliphatic rings. The monoisotopic (exact) mass is 471 g/mol. The van der Waals surface area contributed by atoms with E-state index in [1.165, 1.54) is 24.5 Å². The summed E-state index contributed by atoms with van der Waals surface area (Å²) in [5.74, 6) is -0.376. The highest BCUT2D eigenvalue weighted by Crippen LogP contribution is 2.31. The number of fused-ring (bicyclic) bond motifs is 1. The predicted octanol–water partition coefficient (Wildman–Crippen LogP) is 3.60. The van der Waals surface area contributed by atoms with Gasteiger partial charge in [-0.1, -0.05) is 48.0 Å². The van der Waals surface area contributed by atoms with Crippen LogP contribution in [-0.2, 0) is 22.5 Å². The second kappa shape index (κ2) is 10.1. The fourth-order valence-corrected chi connectivity index (χ4v) is 5.88. The molecule has 7 heteroatoms. The van der Waals surface area contributed by atoms with Gasteiger partial charge in [0, 0.05) is 19.6 Å². The van der Waals surface area contributed by atoms with E-state index in [1.807, 2.05) is 6.07 Å². The molecular formula is C26H31ClFN3O2. The van der Waals surface area contributed by atoms with E-state index in [0.29, 0.717) is 19.8 Å². The summed E-state index contributed by atoms with van der Waals surface area (Å²) in [7, 11) is 0. The molecule has 0 spiro atoms. The summed E-state index contributed by atoms with van der Waals surface area (Å²) in [6.45, 7) is 5.76. The van der Waals surface area contributed by atoms with Crippen molar-refractivity contribution in [1.29, 1.82) is 0 Å². The Balaban J connectivity index is 1.39. The lowest BCUT2D eigenvalue weighted by Gasteiger charge is -2.54. The summed E-state index contributed by atoms with van der Waals surface area (Å²) < 4.78 is 19.7. The average molecular weight is 472 g/mol. The van der Waals surface area contributed by atoms with E-state index < -0.39 is 5.82 Å². The third kappa shape index (κ3) is 4.94. The molecule has 3 atom stereocenters. The Morgan fingerprint density at radius 3 is 2.48 bits per heavy atom. The van der Waals surface area contributed by atoms with Crippen LogP contribution in [0.4, 0.5) is 4.39 Å². The Morgan fingerprint density at radius 2 is 1.73 bits per heavy atom. The standard InChI is InChI=1S/C26H31ClFN3O2/c27-21-14-20(8-9-22(21)28)15-25(32)31-13-12-30(16-19-6-2-1-3-7-19)24-18-33-17-23(26(24)31)29-10-4-5-11-29/h1-3,6-9,14,23-24,26H,4-5,10-13,15-18H2/t23?,24-,26-/m1/s1. The number of hydrogen-bond acceptors (Lipinski definition) is 4. The van der Waals surface area contributed by atoms with Gasteiger partial charge in [-0.25, -0.2) is 4.39 Å². The zero-order chi connectivity index (χ0) is 22.8. The lowest BCUT2D eigenvalue weighted by atomic mass is 9.90. The minimum Gasteiger partial charge on any atom is -0.378 e. The van der Waals surface area contributed by atoms with Crippen LogP contribution < -0.4 is 0 Å². The minimum atomic E-state index is -0.457. The van der Waals surface area contributed by atoms with Crippen molar-refractivity contribution in [3.8, 4) is 0 Å². The molecule has 5 rings (SSSR count). The highest BCUT2D eigenvalue weighted by Gasteiger charge is 2.47. The van der Waals surface area contributed by atoms with Gasteiger partial charge in [-0.05, 0) is 49.2 Å². The molecule has 0 N–H and O–H groups in total. The van der Waals surface area contributed by atoms with E-state index >= 15 is 0 Å². The second-order valence-electron chi connectivity index (χ2n) is 9.37. The van der Waals surface area contributed by atoms with Crippen LogP contribution in [0.1, 0.15) is 24.0 Å². The van der Waals surface area contributed by atoms with Crippen molar-refractivity contribution in [2.24, 2.45) is 0 Å². The number of benzene rings is 2. The molecule has 1 unspecified atom stereocenters. The smallest absolute Gasteiger partial charge is 0.227 e. The first-order valence-corrected chi connectivity index (χ1v) is 12.3. The van der Waals surface area contributed by atoms with Gasteiger partial charge >= 0.3 is 0 Å². The van der Waals surface area contributed by atoms with E-state index in [4.69, 9.17) is 16.3 Å². The van der Waals surface area contributed by atoms with Gasteiger partial charge in [0.1, 0.15) is 5.82 Å². The molecule has 3 heterocycles. The summed E-state index contributed by atoms with van der Waals surface area (Å²) in [4.78, 5) is 20.6. The van der Waals surface area contributed by atoms with E-state index in [1.54, 1.807) is 12.1 Å². The topological polar surface area (TPSA) is 36.0 Å². The van der Waals surface area contributed by atoms with Crippen LogP contribution in [0.25, 0.3) is 0 Å². The Kier molecular flexibility index (Phi) is 6.97. The Hall–Kier alpha value is -1.99. The van der Waals surface area contributed by atoms with Crippen LogP contribution in [0, 0.1) is 5.82 Å². The molecule has 2 aromatic rings. The molecule has 0 bridgehead atoms. The molecule has 0 aliphatic carbocycles. The predicted molar refractivity (Wildman–Crippen MR) is 127 cm³/mol. The highest BCUT2D eigenvalue weighted by atomic mass is 35.5. The van der Waals surface area contributed by atoms with Crippen molar-refractivity contribution in [1.82, 2.24) is 14.7 Å². The van der Waals surface area contributed by atoms with E-state index in [2.05, 4.69) is 39.0 Å². The normalized spacial score (nSPS) is 26.4. The summed E-state index contributed by atoms with van der Waals surface area (Å²) in [5, 5.41) is 0.0619. The van der Waals surface area contributed by atoms with Gasteiger partial charge in [0.25, 0.3) is 0 Å². The molecular weight excluding hydrogens is 441 g/mol. The largest absolute Gasteiger partial charge is 0.378 e. The number of piperazine rings is 1. The summed E-state index contributed by atoms with van der Waals surface area (Å²) in [6, 6.07) is 15.5. The van der Waals surface area contributed by atoms with Gasteiger partial charge < -0.3 is 9.64 Å². The molecule has 3 fully saturated rings. The van der Waals surface area contributed by atoms with Crippen LogP contribution in [-0.4, -0.2) is 78.1 Å². The quantitative estimate of drug-likeness (QED) is 0.667. The summed E-state index contributed by atoms with van der Waals surface area (Å²) in [6.07, 6.45) is 2.63. The van der Waals surface area contributed by atoms with Crippen molar-refractivity contribution >= 4 is 17.5 Å². The van der Waals surface area contributed by atoms with Crippen molar-refractivity contribution in [3.05, 3.63) is 70.5 Å². The Labute approximate surface area is 200 Å². The van der Waals surface area contributed by atoms with Gasteiger partial charge in [-0.15, -0.1) is 0 Å². The van der Waals surface area contributed by atoms with Crippen LogP contribution >= 0.6 is 11.6 Å². The van der Waals surface area contributed by atoms with Gasteiger partial charge in [-0.2, -0.15) is 0 Å². The first-order valence-electron chi connectivity index (χ1n) is 11.9. The molecule has 176 valence electrons. The molecule has 1 amide bonds. The molecule has 5 nitrogen and oxygen atoms in total. The van der Waals surface area contributed by atoms with Crippen molar-refractivity contribution in [2.75, 3.05) is 39.4 Å². The number of carbonyl (C=O) groups excluding carboxylic acids is 1. The Morgan fingerprint density at radius 1 is 0.970 bits per heavy atom. The van der Waals surface area contributed by atoms with Gasteiger partial charge in [0.05, 0.1) is 42.8 Å². The third-order valence-electron chi connectivity index (χ3n) is 7.32. The second-order valence-corrected chi connectivity index (χ2v) is 9.78. The number of amides is 1. The molecule has 33 heavy (non-hydrogen) atoms. The number of ether oxygens (including phenoxy) is 1. The highest BCUT2D eigenvalue weighted by molar-refractivity contribution is 6.30. The van der Waals surface area contributed by atoms with Crippen LogP contribution in [0.15, 0.2) is 48.5 Å². The van der Waals surface area contributed by atoms with E-state index in [9.17, 15) is 9.18 Å². The first-order chi connectivity index (χ1) is 16.1. The molecule has 0 saturated carbocycles. The molecule has 0 radical (unpaired) electrons. The summed E-state index contributed by atoms with van der Waals surface area (Å²) >= 11 is 5.97. The third-order valence-corrected chi connectivity index (χ3v) is 7.61. The van der Waals surface area contributed by atoms with Gasteiger partial charge in [-0.3, -0.25) is 14.6 Å². The number of halogens is 2. The number of rotatable bonds is 5. The number of nitrogens with zero attached hydrogens (tertiary/aromatic N) is 3. The average Bonchev–Trinajstić information content (AvgIpc) is 3.37. The van der Waals surface area contributed by atoms with Gasteiger partial charge in [0.2, 0.25) is 5.91 Å². The molecule has 3 aliphatic heterocycles. The maximum Gasteiger partial charge on any atom is 0.227 e. The zero-order valence-corrected chi connectivity index (χ0v) is 19.6. The van der Waals surface area contributed by atoms with Crippen LogP contribution in [0.5, 0.6) is 0 Å². The SMILES string of the molecule is O=C(Cc1ccc(F)c(Cl)c1)N1CCN(Cc2ccccc2)[C@@H]2COCC(N3CCCC3)[C@H]21. The molecule has 0 aromatic heterocycles.